The predicted octanol–water partition coefficient (Wildman–Crippen LogP) is 5.10. The first kappa shape index (κ1) is 14.3. The molecule has 84 valence electrons. The highest BCUT2D eigenvalue weighted by molar-refractivity contribution is 14.1. The van der Waals surface area contributed by atoms with Gasteiger partial charge in [0.15, 0.2) is 0 Å². The molecule has 0 saturated carbocycles. The van der Waals surface area contributed by atoms with E-state index in [2.05, 4.69) is 92.1 Å². The Morgan fingerprint density at radius 3 is 2.47 bits per heavy atom. The first-order valence-corrected chi connectivity index (χ1v) is 8.27. The molecule has 0 bridgehead atoms. The molecule has 0 aliphatic carbocycles. The van der Waals surface area contributed by atoms with Gasteiger partial charge in [0.05, 0.1) is 3.57 Å². The molecule has 0 amide bonds. The molecule has 0 aliphatic heterocycles. The second kappa shape index (κ2) is 7.52. The predicted molar refractivity (Wildman–Crippen MR) is 92.6 cm³/mol. The number of hydrogen-bond acceptors (Lipinski definition) is 1. The molecule has 0 fully saturated rings. The molecule has 15 heavy (non-hydrogen) atoms. The Labute approximate surface area is 133 Å². The van der Waals surface area contributed by atoms with E-state index in [1.807, 2.05) is 0 Å². The summed E-state index contributed by atoms with van der Waals surface area (Å²) in [5.74, 6) is 0. The number of hydrogen-bond donors (Lipinski definition) is 1. The van der Waals surface area contributed by atoms with Gasteiger partial charge in [-0.2, -0.15) is 0 Å². The Morgan fingerprint density at radius 2 is 1.80 bits per heavy atom. The van der Waals surface area contributed by atoms with Gasteiger partial charge >= 0.3 is 0 Å². The Balaban J connectivity index is 2.58. The monoisotopic (exact) mass is 541 g/mol. The molecule has 0 aromatic heterocycles. The van der Waals surface area contributed by atoms with Gasteiger partial charge in [-0.05, 0) is 86.3 Å². The van der Waals surface area contributed by atoms with Gasteiger partial charge in [-0.15, -0.1) is 0 Å². The van der Waals surface area contributed by atoms with E-state index in [-0.39, 0.29) is 0 Å². The smallest absolute Gasteiger partial charge is 0.0506 e. The van der Waals surface area contributed by atoms with Crippen LogP contribution in [0, 0.1) is 10.7 Å². The minimum absolute atomic E-state index is 1.08. The maximum atomic E-state index is 3.50. The molecule has 0 heterocycles. The van der Waals surface area contributed by atoms with Crippen molar-refractivity contribution in [3.05, 3.63) is 22.8 Å². The molecule has 4 heteroatoms. The average molecular weight is 541 g/mol. The number of rotatable bonds is 5. The third-order valence-electron chi connectivity index (χ3n) is 2.13. The molecule has 1 nitrogen and oxygen atoms in total. The molecule has 0 aliphatic rings. The number of unbranched alkanes of at least 4 members (excludes halogenated alkanes) is 2. The van der Waals surface area contributed by atoms with Crippen LogP contribution in [0.4, 0.5) is 5.69 Å². The van der Waals surface area contributed by atoms with Gasteiger partial charge in [-0.25, -0.2) is 0 Å². The highest BCUT2D eigenvalue weighted by Gasteiger charge is 2.06. The summed E-state index contributed by atoms with van der Waals surface area (Å²) >= 11 is 7.20. The van der Waals surface area contributed by atoms with Gasteiger partial charge in [0, 0.05) is 19.4 Å². The van der Waals surface area contributed by atoms with Crippen molar-refractivity contribution in [2.75, 3.05) is 11.9 Å². The van der Waals surface area contributed by atoms with Crippen molar-refractivity contribution in [1.82, 2.24) is 0 Å². The van der Waals surface area contributed by atoms with Crippen LogP contribution in [0.15, 0.2) is 12.1 Å². The molecule has 0 atom stereocenters. The zero-order valence-corrected chi connectivity index (χ0v) is 15.1. The zero-order valence-electron chi connectivity index (χ0n) is 8.62. The fourth-order valence-electron chi connectivity index (χ4n) is 1.26. The van der Waals surface area contributed by atoms with Crippen LogP contribution in [0.1, 0.15) is 26.2 Å². The lowest BCUT2D eigenvalue weighted by Gasteiger charge is -2.10. The average Bonchev–Trinajstić information content (AvgIpc) is 2.24. The van der Waals surface area contributed by atoms with Crippen molar-refractivity contribution in [2.24, 2.45) is 0 Å². The van der Waals surface area contributed by atoms with Crippen molar-refractivity contribution in [3.63, 3.8) is 0 Å². The SMILES string of the molecule is CCCCCNc1ccc(I)c(I)c1I. The van der Waals surface area contributed by atoms with E-state index >= 15 is 0 Å². The standard InChI is InChI=1S/C11H14I3N/c1-2-3-4-7-15-9-6-5-8(12)10(13)11(9)14/h5-6,15H,2-4,7H2,1H3. The first-order valence-electron chi connectivity index (χ1n) is 5.04. The Hall–Kier alpha value is 1.21. The van der Waals surface area contributed by atoms with Crippen LogP contribution in [-0.2, 0) is 0 Å². The molecule has 1 aromatic rings. The summed E-state index contributed by atoms with van der Waals surface area (Å²) < 4.78 is 4.03. The van der Waals surface area contributed by atoms with E-state index in [0.717, 1.165) is 6.54 Å². The zero-order chi connectivity index (χ0) is 11.3. The van der Waals surface area contributed by atoms with Crippen LogP contribution in [0.2, 0.25) is 0 Å². The van der Waals surface area contributed by atoms with Crippen molar-refractivity contribution >= 4 is 73.5 Å². The normalized spacial score (nSPS) is 10.4. The number of anilines is 1. The largest absolute Gasteiger partial charge is 0.384 e. The summed E-state index contributed by atoms with van der Waals surface area (Å²) in [4.78, 5) is 0. The highest BCUT2D eigenvalue weighted by Crippen LogP contribution is 2.27. The Kier molecular flexibility index (Phi) is 7.15. The van der Waals surface area contributed by atoms with E-state index in [1.54, 1.807) is 0 Å². The number of halogens is 3. The molecule has 1 N–H and O–H groups in total. The minimum Gasteiger partial charge on any atom is -0.384 e. The summed E-state index contributed by atoms with van der Waals surface area (Å²) in [6, 6.07) is 4.35. The maximum Gasteiger partial charge on any atom is 0.0506 e. The van der Waals surface area contributed by atoms with Crippen LogP contribution >= 0.6 is 67.8 Å². The van der Waals surface area contributed by atoms with Crippen LogP contribution in [-0.4, -0.2) is 6.54 Å². The van der Waals surface area contributed by atoms with E-state index in [9.17, 15) is 0 Å². The summed E-state index contributed by atoms with van der Waals surface area (Å²) in [6.07, 6.45) is 3.85. The van der Waals surface area contributed by atoms with Crippen LogP contribution in [0.5, 0.6) is 0 Å². The van der Waals surface area contributed by atoms with Crippen LogP contribution in [0.3, 0.4) is 0 Å². The molecular weight excluding hydrogens is 527 g/mol. The second-order valence-electron chi connectivity index (χ2n) is 3.36. The molecule has 0 spiro atoms. The van der Waals surface area contributed by atoms with Crippen molar-refractivity contribution in [1.29, 1.82) is 0 Å². The molecular formula is C11H14I3N. The Morgan fingerprint density at radius 1 is 1.07 bits per heavy atom. The lowest BCUT2D eigenvalue weighted by Crippen LogP contribution is -2.04. The summed E-state index contributed by atoms with van der Waals surface area (Å²) in [6.45, 7) is 3.32. The lowest BCUT2D eigenvalue weighted by atomic mass is 10.2. The van der Waals surface area contributed by atoms with Crippen molar-refractivity contribution in [3.8, 4) is 0 Å². The van der Waals surface area contributed by atoms with Crippen molar-refractivity contribution in [2.45, 2.75) is 26.2 Å². The second-order valence-corrected chi connectivity index (χ2v) is 6.68. The Bertz CT molecular complexity index is 326. The summed E-state index contributed by atoms with van der Waals surface area (Å²) in [5.41, 5.74) is 1.27. The molecule has 0 radical (unpaired) electrons. The van der Waals surface area contributed by atoms with Crippen LogP contribution in [0.25, 0.3) is 0 Å². The molecule has 1 aromatic carbocycles. The lowest BCUT2D eigenvalue weighted by molar-refractivity contribution is 0.743. The van der Waals surface area contributed by atoms with E-state index in [4.69, 9.17) is 0 Å². The quantitative estimate of drug-likeness (QED) is 0.311. The number of benzene rings is 1. The highest BCUT2D eigenvalue weighted by atomic mass is 127. The maximum absolute atomic E-state index is 3.50. The van der Waals surface area contributed by atoms with E-state index in [0.29, 0.717) is 0 Å². The van der Waals surface area contributed by atoms with Crippen LogP contribution < -0.4 is 5.32 Å². The van der Waals surface area contributed by atoms with Gasteiger partial charge in [0.25, 0.3) is 0 Å². The van der Waals surface area contributed by atoms with Gasteiger partial charge in [-0.1, -0.05) is 19.8 Å². The van der Waals surface area contributed by atoms with Gasteiger partial charge < -0.3 is 5.32 Å². The number of nitrogens with one attached hydrogen (secondary N) is 1. The molecule has 0 saturated heterocycles. The fourth-order valence-corrected chi connectivity index (χ4v) is 3.36. The van der Waals surface area contributed by atoms with Gasteiger partial charge in [0.1, 0.15) is 0 Å². The van der Waals surface area contributed by atoms with E-state index < -0.39 is 0 Å². The third kappa shape index (κ3) is 4.53. The fraction of sp³-hybridized carbons (Fsp3) is 0.455. The summed E-state index contributed by atoms with van der Waals surface area (Å²) in [7, 11) is 0. The molecule has 0 unspecified atom stereocenters. The van der Waals surface area contributed by atoms with Crippen molar-refractivity contribution < 1.29 is 0 Å². The minimum atomic E-state index is 1.08. The van der Waals surface area contributed by atoms with Gasteiger partial charge in [0.2, 0.25) is 0 Å². The topological polar surface area (TPSA) is 12.0 Å². The third-order valence-corrected chi connectivity index (χ3v) is 7.33. The molecule has 1 rings (SSSR count). The van der Waals surface area contributed by atoms with E-state index in [1.165, 1.54) is 35.7 Å². The summed E-state index contributed by atoms with van der Waals surface area (Å²) in [5, 5.41) is 3.50. The van der Waals surface area contributed by atoms with Gasteiger partial charge in [-0.3, -0.25) is 0 Å². The first-order chi connectivity index (χ1) is 7.16.